The predicted molar refractivity (Wildman–Crippen MR) is 137 cm³/mol. The van der Waals surface area contributed by atoms with Gasteiger partial charge in [0.05, 0.1) is 28.5 Å². The molecular formula is C27H19N7O2. The van der Waals surface area contributed by atoms with Gasteiger partial charge in [0.15, 0.2) is 0 Å². The number of carbonyl (C=O) groups excluding carboxylic acids is 1. The van der Waals surface area contributed by atoms with Gasteiger partial charge in [-0.2, -0.15) is 10.3 Å². The first-order valence-corrected chi connectivity index (χ1v) is 11.0. The fourth-order valence-electron chi connectivity index (χ4n) is 3.88. The second-order valence-corrected chi connectivity index (χ2v) is 7.85. The summed E-state index contributed by atoms with van der Waals surface area (Å²) in [5, 5.41) is 21.0. The van der Waals surface area contributed by atoms with Gasteiger partial charge in [0.2, 0.25) is 12.1 Å². The van der Waals surface area contributed by atoms with Gasteiger partial charge in [-0.15, -0.1) is 0 Å². The number of hydrogen-bond donors (Lipinski definition) is 3. The molecular weight excluding hydrogens is 454 g/mol. The van der Waals surface area contributed by atoms with Gasteiger partial charge in [0, 0.05) is 28.3 Å². The summed E-state index contributed by atoms with van der Waals surface area (Å²) in [5.74, 6) is -0.789. The molecule has 0 fully saturated rings. The van der Waals surface area contributed by atoms with Crippen molar-refractivity contribution in [3.63, 3.8) is 0 Å². The Labute approximate surface area is 206 Å². The fraction of sp³-hybridized carbons (Fsp3) is 0.0370. The van der Waals surface area contributed by atoms with Gasteiger partial charge < -0.3 is 15.8 Å². The number of benzodiazepines with no additional fused rings is 1. The lowest BCUT2D eigenvalue weighted by Crippen LogP contribution is -2.29. The average molecular weight is 473 g/mol. The number of fused-ring (bicyclic) bond motifs is 2. The number of aliphatic imine (C=N–C) groups is 2. The van der Waals surface area contributed by atoms with Crippen LogP contribution in [0.3, 0.4) is 0 Å². The van der Waals surface area contributed by atoms with Crippen LogP contribution in [0.4, 0.5) is 5.69 Å². The first-order valence-electron chi connectivity index (χ1n) is 11.0. The van der Waals surface area contributed by atoms with Crippen LogP contribution < -0.4 is 11.1 Å². The van der Waals surface area contributed by atoms with Crippen LogP contribution in [0.25, 0.3) is 10.9 Å². The number of pyridine rings is 1. The number of aromatic nitrogens is 1. The van der Waals surface area contributed by atoms with E-state index in [9.17, 15) is 10.1 Å². The topological polar surface area (TPSA) is 150 Å². The van der Waals surface area contributed by atoms with E-state index in [4.69, 9.17) is 15.9 Å². The zero-order valence-corrected chi connectivity index (χ0v) is 18.8. The fourth-order valence-corrected chi connectivity index (χ4v) is 3.88. The van der Waals surface area contributed by atoms with Crippen molar-refractivity contribution in [3.05, 3.63) is 107 Å². The van der Waals surface area contributed by atoms with Crippen LogP contribution in [0.2, 0.25) is 0 Å². The molecule has 174 valence electrons. The number of ether oxygens (including phenoxy) is 1. The summed E-state index contributed by atoms with van der Waals surface area (Å²) in [6.45, 7) is 0. The smallest absolute Gasteiger partial charge is 0.291 e. The Hall–Kier alpha value is -5.36. The van der Waals surface area contributed by atoms with Crippen molar-refractivity contribution in [2.24, 2.45) is 15.7 Å². The Morgan fingerprint density at radius 2 is 1.86 bits per heavy atom. The number of amidine groups is 1. The van der Waals surface area contributed by atoms with Crippen LogP contribution in [-0.2, 0) is 9.53 Å². The van der Waals surface area contributed by atoms with E-state index in [1.165, 1.54) is 6.20 Å². The summed E-state index contributed by atoms with van der Waals surface area (Å²) in [6, 6.07) is 25.0. The van der Waals surface area contributed by atoms with Crippen LogP contribution in [0, 0.1) is 16.7 Å². The van der Waals surface area contributed by atoms with E-state index < -0.39 is 18.1 Å². The largest absolute Gasteiger partial charge is 0.407 e. The molecule has 1 aliphatic heterocycles. The molecule has 1 aliphatic rings. The Balaban J connectivity index is 1.48. The molecule has 0 aliphatic carbocycles. The number of amides is 1. The van der Waals surface area contributed by atoms with Crippen LogP contribution in [0.1, 0.15) is 22.3 Å². The minimum absolute atomic E-state index is 0.302. The molecule has 0 radical (unpaired) electrons. The van der Waals surface area contributed by atoms with E-state index in [0.717, 1.165) is 11.1 Å². The molecule has 4 aromatic rings. The van der Waals surface area contributed by atoms with E-state index in [-0.39, 0.29) is 5.90 Å². The maximum absolute atomic E-state index is 13.0. The third-order valence-corrected chi connectivity index (χ3v) is 5.54. The van der Waals surface area contributed by atoms with Crippen molar-refractivity contribution in [3.8, 4) is 6.07 Å². The standard InChI is InChI=1S/C27H19N7O2/c28-15-16-10-11-21-20(14-16)18(12-13-31-21)24(29)36-27(30)34-25-26(35)32-22-9-5-4-8-19(22)23(33-25)17-6-2-1-3-7-17/h1-14,25,29H,(H2,30,34)(H,32,35)/t25-/m1/s1. The predicted octanol–water partition coefficient (Wildman–Crippen LogP) is 3.58. The van der Waals surface area contributed by atoms with Gasteiger partial charge in [-0.3, -0.25) is 15.2 Å². The van der Waals surface area contributed by atoms with Crippen LogP contribution in [0.5, 0.6) is 0 Å². The molecule has 1 amide bonds. The maximum Gasteiger partial charge on any atom is 0.291 e. The number of rotatable bonds is 3. The van der Waals surface area contributed by atoms with Crippen molar-refractivity contribution in [2.75, 3.05) is 5.32 Å². The number of nitrogens with two attached hydrogens (primary N) is 1. The number of hydrogen-bond acceptors (Lipinski definition) is 7. The molecule has 9 nitrogen and oxygen atoms in total. The average Bonchev–Trinajstić information content (AvgIpc) is 3.04. The summed E-state index contributed by atoms with van der Waals surface area (Å²) in [4.78, 5) is 26.0. The molecule has 0 unspecified atom stereocenters. The highest BCUT2D eigenvalue weighted by Crippen LogP contribution is 2.25. The number of nitrogens with one attached hydrogen (secondary N) is 2. The Bertz CT molecular complexity index is 1600. The third kappa shape index (κ3) is 4.38. The number of nitrogens with zero attached hydrogens (tertiary/aromatic N) is 4. The molecule has 3 aromatic carbocycles. The monoisotopic (exact) mass is 473 g/mol. The van der Waals surface area contributed by atoms with Gasteiger partial charge in [-0.05, 0) is 30.3 Å². The van der Waals surface area contributed by atoms with Crippen LogP contribution in [-0.4, -0.2) is 34.7 Å². The molecule has 2 heterocycles. The van der Waals surface area contributed by atoms with Crippen molar-refractivity contribution < 1.29 is 9.53 Å². The molecule has 9 heteroatoms. The molecule has 0 saturated heterocycles. The summed E-state index contributed by atoms with van der Waals surface area (Å²) in [7, 11) is 0. The maximum atomic E-state index is 13.0. The van der Waals surface area contributed by atoms with Gasteiger partial charge in [0.25, 0.3) is 11.9 Å². The van der Waals surface area contributed by atoms with E-state index in [2.05, 4.69) is 26.4 Å². The third-order valence-electron chi connectivity index (χ3n) is 5.54. The molecule has 1 aromatic heterocycles. The first-order chi connectivity index (χ1) is 17.5. The van der Waals surface area contributed by atoms with Gasteiger partial charge in [0.1, 0.15) is 0 Å². The Morgan fingerprint density at radius 3 is 2.67 bits per heavy atom. The quantitative estimate of drug-likeness (QED) is 0.307. The van der Waals surface area contributed by atoms with Crippen molar-refractivity contribution in [2.45, 2.75) is 6.17 Å². The number of para-hydroxylation sites is 1. The Morgan fingerprint density at radius 1 is 1.08 bits per heavy atom. The lowest BCUT2D eigenvalue weighted by molar-refractivity contribution is -0.117. The van der Waals surface area contributed by atoms with Crippen molar-refractivity contribution in [1.82, 2.24) is 4.98 Å². The molecule has 0 bridgehead atoms. The van der Waals surface area contributed by atoms with E-state index in [1.807, 2.05) is 48.5 Å². The van der Waals surface area contributed by atoms with E-state index in [1.54, 1.807) is 30.3 Å². The van der Waals surface area contributed by atoms with Gasteiger partial charge in [-0.1, -0.05) is 48.5 Å². The highest BCUT2D eigenvalue weighted by molar-refractivity contribution is 6.19. The molecule has 5 rings (SSSR count). The minimum Gasteiger partial charge on any atom is -0.407 e. The van der Waals surface area contributed by atoms with Crippen molar-refractivity contribution >= 4 is 40.1 Å². The SMILES string of the molecule is N#Cc1ccc2nccc(C(=N)O/C(N)=N/[C@H]3N=C(c4ccccc4)c4ccccc4NC3=O)c2c1. The van der Waals surface area contributed by atoms with E-state index in [0.29, 0.717) is 33.4 Å². The molecule has 1 atom stereocenters. The summed E-state index contributed by atoms with van der Waals surface area (Å²) in [6.07, 6.45) is 0.293. The lowest BCUT2D eigenvalue weighted by atomic mass is 10.0. The zero-order valence-electron chi connectivity index (χ0n) is 18.8. The molecule has 0 spiro atoms. The Kier molecular flexibility index (Phi) is 5.91. The number of nitriles is 1. The lowest BCUT2D eigenvalue weighted by Gasteiger charge is -2.11. The molecule has 4 N–H and O–H groups in total. The number of anilines is 1. The van der Waals surface area contributed by atoms with Crippen LogP contribution >= 0.6 is 0 Å². The second kappa shape index (κ2) is 9.48. The highest BCUT2D eigenvalue weighted by atomic mass is 16.5. The summed E-state index contributed by atoms with van der Waals surface area (Å²) < 4.78 is 5.48. The summed E-state index contributed by atoms with van der Waals surface area (Å²) >= 11 is 0. The van der Waals surface area contributed by atoms with Gasteiger partial charge >= 0.3 is 0 Å². The van der Waals surface area contributed by atoms with Crippen LogP contribution in [0.15, 0.2) is 95.0 Å². The summed E-state index contributed by atoms with van der Waals surface area (Å²) in [5.41, 5.74) is 10.1. The number of benzene rings is 3. The minimum atomic E-state index is -1.24. The molecule has 36 heavy (non-hydrogen) atoms. The highest BCUT2D eigenvalue weighted by Gasteiger charge is 2.26. The molecule has 0 saturated carbocycles. The normalized spacial score (nSPS) is 15.2. The van der Waals surface area contributed by atoms with Gasteiger partial charge in [-0.25, -0.2) is 4.99 Å². The number of carbonyl (C=O) groups is 1. The first kappa shape index (κ1) is 22.4. The zero-order chi connectivity index (χ0) is 25.1. The van der Waals surface area contributed by atoms with Crippen molar-refractivity contribution in [1.29, 1.82) is 10.7 Å². The second-order valence-electron chi connectivity index (χ2n) is 7.85. The van der Waals surface area contributed by atoms with E-state index >= 15 is 0 Å².